The van der Waals surface area contributed by atoms with E-state index in [-0.39, 0.29) is 11.0 Å². The lowest BCUT2D eigenvalue weighted by atomic mass is 10.0. The first-order valence-electron chi connectivity index (χ1n) is 10.9. The molecule has 0 radical (unpaired) electrons. The van der Waals surface area contributed by atoms with Gasteiger partial charge in [-0.15, -0.1) is 0 Å². The van der Waals surface area contributed by atoms with Gasteiger partial charge in [0.2, 0.25) is 16.0 Å². The second-order valence-corrected chi connectivity index (χ2v) is 10.5. The minimum absolute atomic E-state index is 0.0417. The molecule has 0 amide bonds. The molecule has 9 nitrogen and oxygen atoms in total. The van der Waals surface area contributed by atoms with Crippen molar-refractivity contribution in [1.82, 2.24) is 14.3 Å². The number of hydrogen-bond acceptors (Lipinski definition) is 7. The number of nitrogens with one attached hydrogen (secondary N) is 1. The molecule has 12 heteroatoms. The van der Waals surface area contributed by atoms with Crippen molar-refractivity contribution in [2.75, 3.05) is 42.7 Å². The third kappa shape index (κ3) is 6.17. The molecular formula is C24H23ClFN5O4S. The number of carboxylic acid groups (broad SMARTS) is 1. The normalized spacial score (nSPS) is 14.8. The van der Waals surface area contributed by atoms with Gasteiger partial charge in [0, 0.05) is 49.7 Å². The molecule has 36 heavy (non-hydrogen) atoms. The molecule has 0 spiro atoms. The van der Waals surface area contributed by atoms with Gasteiger partial charge in [-0.25, -0.2) is 22.6 Å². The summed E-state index contributed by atoms with van der Waals surface area (Å²) < 4.78 is 38.9. The van der Waals surface area contributed by atoms with E-state index in [4.69, 9.17) is 21.7 Å². The molecular weight excluding hydrogens is 509 g/mol. The van der Waals surface area contributed by atoms with E-state index < -0.39 is 21.8 Å². The van der Waals surface area contributed by atoms with Crippen LogP contribution in [0, 0.1) is 5.82 Å². The van der Waals surface area contributed by atoms with Crippen LogP contribution in [0.5, 0.6) is 0 Å². The summed E-state index contributed by atoms with van der Waals surface area (Å²) in [5.41, 5.74) is 2.64. The third-order valence-corrected chi connectivity index (χ3v) is 7.16. The van der Waals surface area contributed by atoms with Gasteiger partial charge in [-0.05, 0) is 41.5 Å². The van der Waals surface area contributed by atoms with Gasteiger partial charge in [-0.3, -0.25) is 0 Å². The van der Waals surface area contributed by atoms with Gasteiger partial charge >= 0.3 is 5.97 Å². The van der Waals surface area contributed by atoms with Gasteiger partial charge in [0.25, 0.3) is 0 Å². The van der Waals surface area contributed by atoms with E-state index in [9.17, 15) is 17.6 Å². The van der Waals surface area contributed by atoms with Gasteiger partial charge in [0.1, 0.15) is 11.6 Å². The Bertz CT molecular complexity index is 1430. The highest BCUT2D eigenvalue weighted by atomic mass is 35.5. The van der Waals surface area contributed by atoms with Crippen LogP contribution in [0.1, 0.15) is 5.56 Å². The zero-order valence-electron chi connectivity index (χ0n) is 19.2. The number of aliphatic carboxylic acids is 1. The Labute approximate surface area is 212 Å². The number of hydrogen-bond donors (Lipinski definition) is 2. The summed E-state index contributed by atoms with van der Waals surface area (Å²) in [6.45, 7) is 1.44. The summed E-state index contributed by atoms with van der Waals surface area (Å²) in [6.07, 6.45) is 5.37. The molecule has 1 aromatic heterocycles. The molecule has 2 N–H and O–H groups in total. The van der Waals surface area contributed by atoms with Gasteiger partial charge in [0.05, 0.1) is 11.3 Å². The minimum atomic E-state index is -3.31. The molecule has 0 aliphatic carbocycles. The first kappa shape index (κ1) is 25.5. The lowest BCUT2D eigenvalue weighted by molar-refractivity contribution is -0.131. The Morgan fingerprint density at radius 2 is 1.92 bits per heavy atom. The highest BCUT2D eigenvalue weighted by Crippen LogP contribution is 2.32. The Hall–Kier alpha value is -3.54. The topological polar surface area (TPSA) is 116 Å². The highest BCUT2D eigenvalue weighted by molar-refractivity contribution is 7.88. The number of aromatic nitrogens is 2. The van der Waals surface area contributed by atoms with E-state index in [1.165, 1.54) is 34.8 Å². The molecule has 0 atom stereocenters. The van der Waals surface area contributed by atoms with Crippen LogP contribution in [0.15, 0.2) is 54.7 Å². The Morgan fingerprint density at radius 1 is 1.17 bits per heavy atom. The van der Waals surface area contributed by atoms with Crippen molar-refractivity contribution in [3.05, 3.63) is 71.1 Å². The number of nitrogens with zero attached hydrogens (tertiary/aromatic N) is 4. The molecule has 1 saturated heterocycles. The number of sulfonamides is 1. The smallest absolute Gasteiger partial charge is 0.328 e. The molecule has 2 aromatic carbocycles. The zero-order chi connectivity index (χ0) is 25.9. The molecule has 188 valence electrons. The van der Waals surface area contributed by atoms with E-state index >= 15 is 0 Å². The van der Waals surface area contributed by atoms with Crippen molar-refractivity contribution in [3.8, 4) is 11.1 Å². The lowest BCUT2D eigenvalue weighted by Gasteiger charge is -2.35. The molecule has 0 unspecified atom stereocenters. The summed E-state index contributed by atoms with van der Waals surface area (Å²) >= 11 is 5.89. The first-order valence-corrected chi connectivity index (χ1v) is 13.1. The Balaban J connectivity index is 1.71. The van der Waals surface area contributed by atoms with Crippen LogP contribution < -0.4 is 10.2 Å². The van der Waals surface area contributed by atoms with E-state index in [0.29, 0.717) is 48.8 Å². The van der Waals surface area contributed by atoms with Crippen molar-refractivity contribution in [2.45, 2.75) is 0 Å². The van der Waals surface area contributed by atoms with Crippen molar-refractivity contribution in [3.63, 3.8) is 0 Å². The predicted octanol–water partition coefficient (Wildman–Crippen LogP) is 3.86. The minimum Gasteiger partial charge on any atom is -0.478 e. The molecule has 2 heterocycles. The van der Waals surface area contributed by atoms with Crippen LogP contribution in [0.4, 0.5) is 21.8 Å². The number of rotatable bonds is 7. The fraction of sp³-hybridized carbons (Fsp3) is 0.208. The Morgan fingerprint density at radius 3 is 2.58 bits per heavy atom. The summed E-state index contributed by atoms with van der Waals surface area (Å²) in [6, 6.07) is 11.4. The zero-order valence-corrected chi connectivity index (χ0v) is 20.8. The number of benzene rings is 2. The van der Waals surface area contributed by atoms with E-state index in [0.717, 1.165) is 11.6 Å². The van der Waals surface area contributed by atoms with Gasteiger partial charge in [-0.1, -0.05) is 29.8 Å². The van der Waals surface area contributed by atoms with Crippen LogP contribution in [-0.4, -0.2) is 66.2 Å². The van der Waals surface area contributed by atoms with Gasteiger partial charge < -0.3 is 15.3 Å². The van der Waals surface area contributed by atoms with Gasteiger partial charge in [-0.2, -0.15) is 9.29 Å². The lowest BCUT2D eigenvalue weighted by Crippen LogP contribution is -2.48. The second kappa shape index (κ2) is 10.6. The van der Waals surface area contributed by atoms with E-state index in [2.05, 4.69) is 10.3 Å². The maximum absolute atomic E-state index is 13.6. The summed E-state index contributed by atoms with van der Waals surface area (Å²) in [7, 11) is -3.31. The number of halogens is 2. The maximum atomic E-state index is 13.6. The summed E-state index contributed by atoms with van der Waals surface area (Å²) in [5, 5.41) is 11.9. The van der Waals surface area contributed by atoms with Crippen LogP contribution in [-0.2, 0) is 14.8 Å². The van der Waals surface area contributed by atoms with Crippen molar-refractivity contribution >= 4 is 51.1 Å². The molecule has 1 aliphatic heterocycles. The maximum Gasteiger partial charge on any atom is 0.328 e. The van der Waals surface area contributed by atoms with Crippen LogP contribution in [0.3, 0.4) is 0 Å². The highest BCUT2D eigenvalue weighted by Gasteiger charge is 2.26. The number of carboxylic acids is 1. The summed E-state index contributed by atoms with van der Waals surface area (Å²) in [5.74, 6) is -0.763. The number of carbonyl (C=O) groups is 1. The average molecular weight is 532 g/mol. The largest absolute Gasteiger partial charge is 0.478 e. The molecule has 4 rings (SSSR count). The van der Waals surface area contributed by atoms with E-state index in [1.54, 1.807) is 18.3 Å². The van der Waals surface area contributed by atoms with Crippen molar-refractivity contribution < 1.29 is 22.7 Å². The fourth-order valence-corrected chi connectivity index (χ4v) is 4.80. The monoisotopic (exact) mass is 531 g/mol. The predicted molar refractivity (Wildman–Crippen MR) is 137 cm³/mol. The molecule has 1 aliphatic rings. The van der Waals surface area contributed by atoms with E-state index in [1.807, 2.05) is 17.0 Å². The molecule has 0 saturated carbocycles. The molecule has 0 bridgehead atoms. The SMILES string of the molecule is CS(=O)(=O)N1CCN(c2nc(Nc3ccc(F)c(Cl)c3)ncc2-c2cccc(/C=C/C(=O)O)c2)CC1. The third-order valence-electron chi connectivity index (χ3n) is 5.57. The molecule has 1 fully saturated rings. The van der Waals surface area contributed by atoms with Gasteiger partial charge in [0.15, 0.2) is 0 Å². The van der Waals surface area contributed by atoms with Crippen molar-refractivity contribution in [2.24, 2.45) is 0 Å². The van der Waals surface area contributed by atoms with Crippen LogP contribution in [0.25, 0.3) is 17.2 Å². The fourth-order valence-electron chi connectivity index (χ4n) is 3.79. The average Bonchev–Trinajstić information content (AvgIpc) is 2.85. The van der Waals surface area contributed by atoms with Crippen molar-refractivity contribution in [1.29, 1.82) is 0 Å². The van der Waals surface area contributed by atoms with Crippen LogP contribution in [0.2, 0.25) is 5.02 Å². The second-order valence-electron chi connectivity index (χ2n) is 8.13. The standard InChI is InChI=1S/C24H23ClFN5O4S/c1-36(34,35)31-11-9-30(10-12-31)23-19(17-4-2-3-16(13-17)5-8-22(32)33)15-27-24(29-23)28-18-6-7-21(26)20(25)14-18/h2-8,13-15H,9-12H2,1H3,(H,32,33)(H,27,28,29)/b8-5+. The summed E-state index contributed by atoms with van der Waals surface area (Å²) in [4.78, 5) is 22.0. The van der Waals surface area contributed by atoms with Crippen LogP contribution >= 0.6 is 11.6 Å². The first-order chi connectivity index (χ1) is 17.1. The Kier molecular flexibility index (Phi) is 7.53. The number of anilines is 3. The quantitative estimate of drug-likeness (QED) is 0.442. The number of piperazine rings is 1. The molecule has 3 aromatic rings.